The second-order valence-electron chi connectivity index (χ2n) is 9.12. The number of pyridine rings is 1. The van der Waals surface area contributed by atoms with Gasteiger partial charge in [0.25, 0.3) is 0 Å². The molecule has 35 heavy (non-hydrogen) atoms. The fraction of sp³-hybridized carbons (Fsp3) is 0.233. The molecular weight excluding hydrogens is 438 g/mol. The summed E-state index contributed by atoms with van der Waals surface area (Å²) in [5.41, 5.74) is 7.56. The van der Waals surface area contributed by atoms with Crippen LogP contribution in [0.25, 0.3) is 22.6 Å². The number of ketones is 1. The monoisotopic (exact) mass is 465 g/mol. The highest BCUT2D eigenvalue weighted by atomic mass is 16.5. The van der Waals surface area contributed by atoms with Crippen LogP contribution in [0.2, 0.25) is 0 Å². The Morgan fingerprint density at radius 3 is 2.60 bits per heavy atom. The standard InChI is InChI=1S/C30H27NO4/c1-18-14-20(3)25(15-19(18)2)27(32)17-35-30(33)28-23-10-4-5-12-26(23)31-29-21(8-6-11-24(28)29)16-22-9-7-13-34-22/h4-5,7,9-10,12-16H,6,8,11,17H2,1-3H3. The Kier molecular flexibility index (Phi) is 6.08. The number of hydrogen-bond donors (Lipinski definition) is 0. The zero-order valence-electron chi connectivity index (χ0n) is 20.2. The maximum atomic E-state index is 13.5. The minimum Gasteiger partial charge on any atom is -0.465 e. The van der Waals surface area contributed by atoms with Crippen LogP contribution >= 0.6 is 0 Å². The predicted molar refractivity (Wildman–Crippen MR) is 137 cm³/mol. The molecule has 0 radical (unpaired) electrons. The summed E-state index contributed by atoms with van der Waals surface area (Å²) in [5, 5.41) is 0.741. The SMILES string of the molecule is Cc1cc(C)c(C(=O)COC(=O)c2c3c(nc4ccccc24)C(=Cc2ccco2)CCC3)cc1C. The van der Waals surface area contributed by atoms with Gasteiger partial charge in [-0.1, -0.05) is 24.3 Å². The van der Waals surface area contributed by atoms with Gasteiger partial charge in [0, 0.05) is 10.9 Å². The van der Waals surface area contributed by atoms with Gasteiger partial charge < -0.3 is 9.15 Å². The first-order valence-electron chi connectivity index (χ1n) is 11.9. The Labute approximate surface area is 204 Å². The van der Waals surface area contributed by atoms with E-state index in [4.69, 9.17) is 14.1 Å². The number of esters is 1. The first-order valence-corrected chi connectivity index (χ1v) is 11.9. The molecule has 0 bridgehead atoms. The molecule has 2 aromatic heterocycles. The van der Waals surface area contributed by atoms with E-state index >= 15 is 0 Å². The van der Waals surface area contributed by atoms with Gasteiger partial charge in [-0.05, 0) is 98.2 Å². The molecule has 1 aliphatic rings. The zero-order valence-corrected chi connectivity index (χ0v) is 20.2. The largest absolute Gasteiger partial charge is 0.465 e. The first kappa shape index (κ1) is 22.8. The maximum Gasteiger partial charge on any atom is 0.339 e. The molecule has 4 aromatic rings. The van der Waals surface area contributed by atoms with Crippen LogP contribution in [0.1, 0.15) is 67.3 Å². The molecule has 5 heteroatoms. The molecule has 0 saturated heterocycles. The molecule has 176 valence electrons. The van der Waals surface area contributed by atoms with E-state index in [9.17, 15) is 9.59 Å². The molecule has 5 nitrogen and oxygen atoms in total. The molecule has 1 aliphatic carbocycles. The van der Waals surface area contributed by atoms with Crippen LogP contribution in [0.15, 0.2) is 59.2 Å². The molecule has 0 unspecified atom stereocenters. The normalized spacial score (nSPS) is 14.2. The summed E-state index contributed by atoms with van der Waals surface area (Å²) in [6.07, 6.45) is 6.08. The van der Waals surface area contributed by atoms with Crippen molar-refractivity contribution < 1.29 is 18.7 Å². The summed E-state index contributed by atoms with van der Waals surface area (Å²) in [6.45, 7) is 5.59. The van der Waals surface area contributed by atoms with Crippen molar-refractivity contribution in [3.8, 4) is 0 Å². The lowest BCUT2D eigenvalue weighted by Crippen LogP contribution is -2.19. The number of Topliss-reactive ketones (excluding diaryl/α,β-unsaturated/α-hetero) is 1. The Hall–Kier alpha value is -3.99. The van der Waals surface area contributed by atoms with Crippen LogP contribution in [-0.2, 0) is 11.2 Å². The van der Waals surface area contributed by atoms with E-state index in [0.717, 1.165) is 69.4 Å². The summed E-state index contributed by atoms with van der Waals surface area (Å²) in [7, 11) is 0. The van der Waals surface area contributed by atoms with Gasteiger partial charge >= 0.3 is 5.97 Å². The van der Waals surface area contributed by atoms with Crippen molar-refractivity contribution in [2.24, 2.45) is 0 Å². The van der Waals surface area contributed by atoms with E-state index in [1.54, 1.807) is 6.26 Å². The number of carbonyl (C=O) groups excluding carboxylic acids is 2. The van der Waals surface area contributed by atoms with Gasteiger partial charge in [0.15, 0.2) is 6.61 Å². The highest BCUT2D eigenvalue weighted by Crippen LogP contribution is 2.36. The van der Waals surface area contributed by atoms with Crippen molar-refractivity contribution in [3.05, 3.63) is 99.6 Å². The van der Waals surface area contributed by atoms with Crippen molar-refractivity contribution in [2.45, 2.75) is 40.0 Å². The lowest BCUT2D eigenvalue weighted by atomic mass is 9.86. The molecule has 0 N–H and O–H groups in total. The number of hydrogen-bond acceptors (Lipinski definition) is 5. The quantitative estimate of drug-likeness (QED) is 0.243. The molecule has 2 heterocycles. The van der Waals surface area contributed by atoms with Crippen LogP contribution < -0.4 is 0 Å². The lowest BCUT2D eigenvalue weighted by Gasteiger charge is -2.22. The minimum atomic E-state index is -0.492. The fourth-order valence-electron chi connectivity index (χ4n) is 4.80. The topological polar surface area (TPSA) is 69.4 Å². The number of ether oxygens (including phenoxy) is 1. The molecule has 0 aliphatic heterocycles. The molecule has 0 spiro atoms. The van der Waals surface area contributed by atoms with E-state index in [0.29, 0.717) is 11.1 Å². The highest BCUT2D eigenvalue weighted by Gasteiger charge is 2.27. The molecule has 0 saturated carbocycles. The van der Waals surface area contributed by atoms with Crippen molar-refractivity contribution in [1.82, 2.24) is 4.98 Å². The van der Waals surface area contributed by atoms with Crippen molar-refractivity contribution in [1.29, 1.82) is 0 Å². The number of furan rings is 1. The Balaban J connectivity index is 1.51. The smallest absolute Gasteiger partial charge is 0.339 e. The van der Waals surface area contributed by atoms with Gasteiger partial charge in [-0.15, -0.1) is 0 Å². The number of para-hydroxylation sites is 1. The number of fused-ring (bicyclic) bond motifs is 2. The summed E-state index contributed by atoms with van der Waals surface area (Å²) < 4.78 is 11.1. The number of rotatable bonds is 5. The van der Waals surface area contributed by atoms with E-state index < -0.39 is 5.97 Å². The lowest BCUT2D eigenvalue weighted by molar-refractivity contribution is 0.0475. The average molecular weight is 466 g/mol. The number of aromatic nitrogens is 1. The van der Waals surface area contributed by atoms with Crippen molar-refractivity contribution in [2.75, 3.05) is 6.61 Å². The summed E-state index contributed by atoms with van der Waals surface area (Å²) in [5.74, 6) is 0.0554. The summed E-state index contributed by atoms with van der Waals surface area (Å²) >= 11 is 0. The Bertz CT molecular complexity index is 1480. The van der Waals surface area contributed by atoms with E-state index in [1.807, 2.05) is 75.4 Å². The third kappa shape index (κ3) is 4.42. The van der Waals surface area contributed by atoms with Crippen LogP contribution in [-0.4, -0.2) is 23.3 Å². The average Bonchev–Trinajstić information content (AvgIpc) is 3.36. The van der Waals surface area contributed by atoms with Gasteiger partial charge in [-0.3, -0.25) is 4.79 Å². The Morgan fingerprint density at radius 2 is 1.80 bits per heavy atom. The number of allylic oxidation sites excluding steroid dienone is 1. The third-order valence-electron chi connectivity index (χ3n) is 6.71. The number of benzene rings is 2. The number of carbonyl (C=O) groups is 2. The van der Waals surface area contributed by atoms with E-state index in [-0.39, 0.29) is 12.4 Å². The Morgan fingerprint density at radius 1 is 1.00 bits per heavy atom. The highest BCUT2D eigenvalue weighted by molar-refractivity contribution is 6.08. The van der Waals surface area contributed by atoms with E-state index in [1.165, 1.54) is 0 Å². The summed E-state index contributed by atoms with van der Waals surface area (Å²) in [4.78, 5) is 31.3. The molecular formula is C30H27NO4. The second kappa shape index (κ2) is 9.34. The van der Waals surface area contributed by atoms with Crippen molar-refractivity contribution in [3.63, 3.8) is 0 Å². The number of aryl methyl sites for hydroxylation is 3. The van der Waals surface area contributed by atoms with Gasteiger partial charge in [-0.25, -0.2) is 9.78 Å². The molecule has 0 amide bonds. The zero-order chi connectivity index (χ0) is 24.5. The van der Waals surface area contributed by atoms with Gasteiger partial charge in [0.05, 0.1) is 23.0 Å². The van der Waals surface area contributed by atoms with Gasteiger partial charge in [0.1, 0.15) is 5.76 Å². The summed E-state index contributed by atoms with van der Waals surface area (Å²) in [6, 6.07) is 15.2. The van der Waals surface area contributed by atoms with Gasteiger partial charge in [0.2, 0.25) is 5.78 Å². The van der Waals surface area contributed by atoms with Crippen molar-refractivity contribution >= 4 is 34.3 Å². The second-order valence-corrected chi connectivity index (χ2v) is 9.12. The van der Waals surface area contributed by atoms with Crippen LogP contribution in [0.4, 0.5) is 0 Å². The minimum absolute atomic E-state index is 0.204. The molecule has 2 aromatic carbocycles. The fourth-order valence-corrected chi connectivity index (χ4v) is 4.80. The molecule has 0 fully saturated rings. The van der Waals surface area contributed by atoms with Gasteiger partial charge in [-0.2, -0.15) is 0 Å². The van der Waals surface area contributed by atoms with E-state index in [2.05, 4.69) is 0 Å². The molecule has 5 rings (SSSR count). The predicted octanol–water partition coefficient (Wildman–Crippen LogP) is 6.67. The first-order chi connectivity index (χ1) is 16.9. The number of nitrogens with zero attached hydrogens (tertiary/aromatic N) is 1. The third-order valence-corrected chi connectivity index (χ3v) is 6.71. The maximum absolute atomic E-state index is 13.5. The van der Waals surface area contributed by atoms with Crippen LogP contribution in [0.3, 0.4) is 0 Å². The molecule has 0 atom stereocenters. The van der Waals surface area contributed by atoms with Crippen LogP contribution in [0.5, 0.6) is 0 Å². The van der Waals surface area contributed by atoms with Crippen LogP contribution in [0, 0.1) is 20.8 Å².